The van der Waals surface area contributed by atoms with Crippen molar-refractivity contribution in [2.75, 3.05) is 11.8 Å². The minimum atomic E-state index is -3.93. The second-order valence-corrected chi connectivity index (χ2v) is 8.16. The van der Waals surface area contributed by atoms with Crippen molar-refractivity contribution in [1.82, 2.24) is 0 Å². The number of carboxylic acids is 1. The number of rotatable bonds is 5. The summed E-state index contributed by atoms with van der Waals surface area (Å²) in [6, 6.07) is 4.39. The van der Waals surface area contributed by atoms with Crippen LogP contribution in [0.25, 0.3) is 0 Å². The van der Waals surface area contributed by atoms with Crippen molar-refractivity contribution in [3.63, 3.8) is 0 Å². The molecule has 0 fully saturated rings. The summed E-state index contributed by atoms with van der Waals surface area (Å²) in [6.45, 7) is 3.28. The number of benzene rings is 1. The van der Waals surface area contributed by atoms with E-state index in [9.17, 15) is 13.2 Å². The van der Waals surface area contributed by atoms with Crippen LogP contribution in [0.2, 0.25) is 5.02 Å². The number of methoxy groups -OCH3 is 1. The first-order chi connectivity index (χ1) is 10.7. The number of halogens is 1. The van der Waals surface area contributed by atoms with E-state index in [-0.39, 0.29) is 20.5 Å². The molecule has 0 aliphatic carbocycles. The number of thiophene rings is 1. The van der Waals surface area contributed by atoms with Crippen molar-refractivity contribution >= 4 is 44.6 Å². The smallest absolute Gasteiger partial charge is 0.346 e. The molecule has 0 atom stereocenters. The first kappa shape index (κ1) is 17.6. The van der Waals surface area contributed by atoms with Crippen LogP contribution in [0.4, 0.5) is 5.69 Å². The third-order valence-corrected chi connectivity index (χ3v) is 6.55. The van der Waals surface area contributed by atoms with Crippen molar-refractivity contribution in [2.45, 2.75) is 18.1 Å². The molecule has 0 radical (unpaired) electrons. The highest BCUT2D eigenvalue weighted by atomic mass is 35.5. The first-order valence-corrected chi connectivity index (χ1v) is 9.04. The van der Waals surface area contributed by atoms with Gasteiger partial charge in [-0.05, 0) is 37.1 Å². The SMILES string of the molecule is COc1cc(Cl)c(C)cc1NS(=O)(=O)c1cc(C)c(C(=O)O)s1. The molecule has 0 saturated heterocycles. The highest BCUT2D eigenvalue weighted by molar-refractivity contribution is 7.94. The Bertz CT molecular complexity index is 874. The molecule has 23 heavy (non-hydrogen) atoms. The minimum Gasteiger partial charge on any atom is -0.495 e. The van der Waals surface area contributed by atoms with Crippen LogP contribution in [0.5, 0.6) is 5.75 Å². The van der Waals surface area contributed by atoms with E-state index in [0.717, 1.165) is 0 Å². The Hall–Kier alpha value is -1.77. The highest BCUT2D eigenvalue weighted by Gasteiger charge is 2.23. The molecular formula is C14H14ClNO5S2. The van der Waals surface area contributed by atoms with Gasteiger partial charge in [0.05, 0.1) is 12.8 Å². The fourth-order valence-corrected chi connectivity index (χ4v) is 4.50. The zero-order valence-corrected chi connectivity index (χ0v) is 14.9. The Morgan fingerprint density at radius 2 is 1.91 bits per heavy atom. The van der Waals surface area contributed by atoms with Gasteiger partial charge >= 0.3 is 5.97 Å². The molecule has 2 rings (SSSR count). The molecule has 124 valence electrons. The number of anilines is 1. The molecular weight excluding hydrogens is 362 g/mol. The van der Waals surface area contributed by atoms with Crippen molar-refractivity contribution < 1.29 is 23.1 Å². The minimum absolute atomic E-state index is 0.00960. The number of hydrogen-bond donors (Lipinski definition) is 2. The third kappa shape index (κ3) is 3.60. The number of ether oxygens (including phenoxy) is 1. The van der Waals surface area contributed by atoms with Crippen LogP contribution in [0, 0.1) is 13.8 Å². The van der Waals surface area contributed by atoms with Gasteiger partial charge in [-0.15, -0.1) is 11.3 Å². The van der Waals surface area contributed by atoms with Crippen molar-refractivity contribution in [3.05, 3.63) is 39.2 Å². The highest BCUT2D eigenvalue weighted by Crippen LogP contribution is 2.34. The number of hydrogen-bond acceptors (Lipinski definition) is 5. The lowest BCUT2D eigenvalue weighted by molar-refractivity contribution is 0.0701. The van der Waals surface area contributed by atoms with Crippen LogP contribution in [-0.2, 0) is 10.0 Å². The molecule has 9 heteroatoms. The molecule has 2 N–H and O–H groups in total. The Balaban J connectivity index is 2.45. The summed E-state index contributed by atoms with van der Waals surface area (Å²) in [6.07, 6.45) is 0. The molecule has 2 aromatic rings. The maximum atomic E-state index is 12.5. The number of aromatic carboxylic acids is 1. The summed E-state index contributed by atoms with van der Waals surface area (Å²) in [5.74, 6) is -0.884. The van der Waals surface area contributed by atoms with Crippen LogP contribution in [-0.4, -0.2) is 26.6 Å². The number of sulfonamides is 1. The van der Waals surface area contributed by atoms with Gasteiger partial charge in [0.2, 0.25) is 0 Å². The van der Waals surface area contributed by atoms with E-state index in [1.54, 1.807) is 19.9 Å². The van der Waals surface area contributed by atoms with E-state index in [1.165, 1.54) is 19.2 Å². The quantitative estimate of drug-likeness (QED) is 0.833. The van der Waals surface area contributed by atoms with Gasteiger partial charge < -0.3 is 9.84 Å². The van der Waals surface area contributed by atoms with Crippen LogP contribution in [0.15, 0.2) is 22.4 Å². The summed E-state index contributed by atoms with van der Waals surface area (Å²) in [4.78, 5) is 11.1. The molecule has 0 aliphatic heterocycles. The molecule has 1 heterocycles. The summed E-state index contributed by atoms with van der Waals surface area (Å²) >= 11 is 6.69. The van der Waals surface area contributed by atoms with E-state index >= 15 is 0 Å². The molecule has 1 aromatic carbocycles. The zero-order valence-electron chi connectivity index (χ0n) is 12.5. The van der Waals surface area contributed by atoms with Crippen LogP contribution >= 0.6 is 22.9 Å². The second kappa shape index (κ2) is 6.38. The predicted octanol–water partition coefficient (Wildman–Crippen LogP) is 3.53. The zero-order chi connectivity index (χ0) is 17.4. The molecule has 0 aliphatic rings. The normalized spacial score (nSPS) is 11.3. The van der Waals surface area contributed by atoms with Crippen molar-refractivity contribution in [3.8, 4) is 5.75 Å². The summed E-state index contributed by atoms with van der Waals surface area (Å²) in [5, 5.41) is 9.49. The van der Waals surface area contributed by atoms with Crippen LogP contribution < -0.4 is 9.46 Å². The second-order valence-electron chi connectivity index (χ2n) is 4.79. The topological polar surface area (TPSA) is 92.7 Å². The summed E-state index contributed by atoms with van der Waals surface area (Å²) in [5.41, 5.74) is 1.30. The Kier molecular flexibility index (Phi) is 4.88. The Morgan fingerprint density at radius 1 is 1.26 bits per heavy atom. The molecule has 0 unspecified atom stereocenters. The van der Waals surface area contributed by atoms with Gasteiger partial charge in [0.25, 0.3) is 10.0 Å². The molecule has 0 spiro atoms. The number of nitrogens with one attached hydrogen (secondary N) is 1. The third-order valence-electron chi connectivity index (χ3n) is 3.08. The first-order valence-electron chi connectivity index (χ1n) is 6.36. The predicted molar refractivity (Wildman–Crippen MR) is 89.6 cm³/mol. The van der Waals surface area contributed by atoms with Gasteiger partial charge in [-0.3, -0.25) is 4.72 Å². The largest absolute Gasteiger partial charge is 0.495 e. The van der Waals surface area contributed by atoms with Crippen molar-refractivity contribution in [2.24, 2.45) is 0 Å². The maximum Gasteiger partial charge on any atom is 0.346 e. The molecule has 0 amide bonds. The number of carbonyl (C=O) groups is 1. The van der Waals surface area contributed by atoms with Gasteiger partial charge in [0, 0.05) is 11.1 Å². The summed E-state index contributed by atoms with van der Waals surface area (Å²) < 4.78 is 32.4. The van der Waals surface area contributed by atoms with E-state index in [1.807, 2.05) is 0 Å². The molecule has 1 aromatic heterocycles. The van der Waals surface area contributed by atoms with E-state index in [4.69, 9.17) is 21.4 Å². The van der Waals surface area contributed by atoms with Gasteiger partial charge in [-0.1, -0.05) is 11.6 Å². The molecule has 0 bridgehead atoms. The van der Waals surface area contributed by atoms with Crippen LogP contribution in [0.1, 0.15) is 20.8 Å². The number of aryl methyl sites for hydroxylation is 2. The fraction of sp³-hybridized carbons (Fsp3) is 0.214. The standard InChI is InChI=1S/C14H14ClNO5S2/c1-7-4-10(11(21-3)6-9(7)15)16-23(19,20)12-5-8(2)13(22-12)14(17)18/h4-6,16H,1-3H3,(H,17,18). The lowest BCUT2D eigenvalue weighted by Crippen LogP contribution is -2.12. The molecule has 6 nitrogen and oxygen atoms in total. The van der Waals surface area contributed by atoms with Gasteiger partial charge in [-0.2, -0.15) is 0 Å². The lowest BCUT2D eigenvalue weighted by Gasteiger charge is -2.12. The van der Waals surface area contributed by atoms with Gasteiger partial charge in [-0.25, -0.2) is 13.2 Å². The van der Waals surface area contributed by atoms with Gasteiger partial charge in [0.15, 0.2) is 0 Å². The van der Waals surface area contributed by atoms with Gasteiger partial charge in [0.1, 0.15) is 14.8 Å². The van der Waals surface area contributed by atoms with E-state index in [0.29, 0.717) is 27.5 Å². The van der Waals surface area contributed by atoms with E-state index < -0.39 is 16.0 Å². The Morgan fingerprint density at radius 3 is 2.43 bits per heavy atom. The maximum absolute atomic E-state index is 12.5. The van der Waals surface area contributed by atoms with Crippen molar-refractivity contribution in [1.29, 1.82) is 0 Å². The Labute approximate surface area is 142 Å². The monoisotopic (exact) mass is 375 g/mol. The fourth-order valence-electron chi connectivity index (χ4n) is 1.90. The average molecular weight is 376 g/mol. The summed E-state index contributed by atoms with van der Waals surface area (Å²) in [7, 11) is -2.53. The number of carboxylic acid groups (broad SMARTS) is 1. The van der Waals surface area contributed by atoms with Crippen LogP contribution in [0.3, 0.4) is 0 Å². The average Bonchev–Trinajstić information content (AvgIpc) is 2.85. The lowest BCUT2D eigenvalue weighted by atomic mass is 10.2. The molecule has 0 saturated carbocycles. The van der Waals surface area contributed by atoms with E-state index in [2.05, 4.69) is 4.72 Å².